The molecule has 5 unspecified atom stereocenters. The molecule has 38 heavy (non-hydrogen) atoms. The highest BCUT2D eigenvalue weighted by Gasteiger charge is 2.36. The molecule has 0 spiro atoms. The lowest BCUT2D eigenvalue weighted by Crippen LogP contribution is -2.26. The zero-order valence-electron chi connectivity index (χ0n) is 20.9. The summed E-state index contributed by atoms with van der Waals surface area (Å²) in [6.45, 7) is 7.00. The molecule has 0 saturated heterocycles. The zero-order valence-corrected chi connectivity index (χ0v) is 23.7. The zero-order chi connectivity index (χ0) is 29.6. The Hall–Kier alpha value is -1.04. The van der Waals surface area contributed by atoms with Gasteiger partial charge in [-0.05, 0) is 44.2 Å². The van der Waals surface area contributed by atoms with E-state index in [9.17, 15) is 43.7 Å². The van der Waals surface area contributed by atoms with Crippen molar-refractivity contribution in [1.29, 1.82) is 0 Å². The summed E-state index contributed by atoms with van der Waals surface area (Å²) in [6, 6.07) is 5.10. The summed E-state index contributed by atoms with van der Waals surface area (Å²) < 4.78 is 125. The van der Waals surface area contributed by atoms with Crippen molar-refractivity contribution < 1.29 is 43.7 Å². The molecule has 5 atom stereocenters. The first-order valence-electron chi connectivity index (χ1n) is 11.7. The van der Waals surface area contributed by atoms with Gasteiger partial charge in [0.2, 0.25) is 0 Å². The SMILES string of the molecule is C=CC(C/C=C/F)C(F)(F)F.CC.O=S(c1ccc(C(F)(F)P)cc1)C1CCCC(NSC(F)(F)F)CC1. The number of hydrogen-bond donors (Lipinski definition) is 1. The molecule has 0 radical (unpaired) electrons. The van der Waals surface area contributed by atoms with E-state index < -0.39 is 34.1 Å². The van der Waals surface area contributed by atoms with Crippen LogP contribution in [0.15, 0.2) is 54.2 Å². The Labute approximate surface area is 227 Å². The molecule has 1 aliphatic rings. The molecule has 1 aliphatic carbocycles. The van der Waals surface area contributed by atoms with Gasteiger partial charge in [0.25, 0.3) is 5.66 Å². The molecule has 2 nitrogen and oxygen atoms in total. The second-order valence-corrected chi connectivity index (χ2v) is 11.3. The standard InChI is InChI=1S/C15H19F5NOPS2.C7H8F4.C2H6/c16-14(17,23)10-4-7-13(8-5-10)25(22)12-3-1-2-11(6-9-12)21-24-15(18,19)20;1-2-6(4-3-5-8)7(9,10)11;1-2/h4-5,7-8,11-12,21H,1-3,6,9,23H2;2-3,5-6H,1,4H2;1-2H3/b;5-3+;. The summed E-state index contributed by atoms with van der Waals surface area (Å²) in [5.74, 6) is -1.64. The van der Waals surface area contributed by atoms with Crippen molar-refractivity contribution in [2.75, 3.05) is 0 Å². The number of rotatable bonds is 8. The molecule has 0 bridgehead atoms. The summed E-state index contributed by atoms with van der Waals surface area (Å²) >= 11 is -0.240. The van der Waals surface area contributed by atoms with Gasteiger partial charge in [-0.25, -0.2) is 4.39 Å². The van der Waals surface area contributed by atoms with E-state index >= 15 is 0 Å². The Balaban J connectivity index is 0.000000887. The van der Waals surface area contributed by atoms with Crippen molar-refractivity contribution in [3.8, 4) is 0 Å². The number of hydrogen-bond acceptors (Lipinski definition) is 3. The van der Waals surface area contributed by atoms with Crippen LogP contribution in [0.2, 0.25) is 0 Å². The van der Waals surface area contributed by atoms with Crippen molar-refractivity contribution in [3.05, 3.63) is 54.9 Å². The predicted octanol–water partition coefficient (Wildman–Crippen LogP) is 9.43. The maximum atomic E-state index is 13.2. The number of halogens is 9. The highest BCUT2D eigenvalue weighted by molar-refractivity contribution is 7.98. The first-order chi connectivity index (χ1) is 17.6. The Morgan fingerprint density at radius 2 is 1.63 bits per heavy atom. The molecule has 1 N–H and O–H groups in total. The summed E-state index contributed by atoms with van der Waals surface area (Å²) in [4.78, 5) is 0.471. The van der Waals surface area contributed by atoms with Crippen LogP contribution in [-0.4, -0.2) is 27.2 Å². The van der Waals surface area contributed by atoms with Gasteiger partial charge in [0.05, 0.1) is 23.0 Å². The Kier molecular flexibility index (Phi) is 17.1. The van der Waals surface area contributed by atoms with Crippen LogP contribution in [0.3, 0.4) is 0 Å². The van der Waals surface area contributed by atoms with E-state index in [-0.39, 0.29) is 41.6 Å². The van der Waals surface area contributed by atoms with Gasteiger partial charge in [0.15, 0.2) is 0 Å². The van der Waals surface area contributed by atoms with Crippen LogP contribution in [0.1, 0.15) is 57.9 Å². The van der Waals surface area contributed by atoms with Gasteiger partial charge < -0.3 is 0 Å². The third-order valence-electron chi connectivity index (χ3n) is 5.22. The fourth-order valence-electron chi connectivity index (χ4n) is 3.32. The number of alkyl halides is 8. The molecule has 14 heteroatoms. The van der Waals surface area contributed by atoms with Crippen LogP contribution in [0.4, 0.5) is 39.5 Å². The number of nitrogens with one attached hydrogen (secondary N) is 1. The molecule has 0 aliphatic heterocycles. The van der Waals surface area contributed by atoms with E-state index in [0.29, 0.717) is 37.0 Å². The molecule has 0 aromatic heterocycles. The van der Waals surface area contributed by atoms with Crippen LogP contribution < -0.4 is 4.72 Å². The van der Waals surface area contributed by atoms with E-state index in [4.69, 9.17) is 0 Å². The highest BCUT2D eigenvalue weighted by atomic mass is 32.2. The molecule has 1 fully saturated rings. The van der Waals surface area contributed by atoms with E-state index in [1.165, 1.54) is 33.5 Å². The minimum Gasteiger partial charge on any atom is -0.254 e. The van der Waals surface area contributed by atoms with Crippen molar-refractivity contribution in [3.63, 3.8) is 0 Å². The predicted molar refractivity (Wildman–Crippen MR) is 140 cm³/mol. The van der Waals surface area contributed by atoms with Gasteiger partial charge in [-0.3, -0.25) is 8.93 Å². The number of benzene rings is 1. The van der Waals surface area contributed by atoms with Crippen LogP contribution in [0.25, 0.3) is 0 Å². The summed E-state index contributed by atoms with van der Waals surface area (Å²) in [7, 11) is 0.0949. The molecule has 1 saturated carbocycles. The second kappa shape index (κ2) is 17.6. The summed E-state index contributed by atoms with van der Waals surface area (Å²) in [5, 5.41) is -0.176. The Morgan fingerprint density at radius 1 is 1.05 bits per heavy atom. The average Bonchev–Trinajstić information content (AvgIpc) is 3.08. The normalized spacial score (nSPS) is 20.3. The van der Waals surface area contributed by atoms with E-state index in [1.54, 1.807) is 0 Å². The first kappa shape index (κ1) is 37.0. The van der Waals surface area contributed by atoms with Gasteiger partial charge in [-0.2, -0.15) is 35.1 Å². The minimum atomic E-state index is -4.32. The van der Waals surface area contributed by atoms with Gasteiger partial charge in [-0.15, -0.1) is 6.58 Å². The third kappa shape index (κ3) is 14.9. The van der Waals surface area contributed by atoms with Crippen molar-refractivity contribution >= 4 is 32.0 Å². The van der Waals surface area contributed by atoms with Crippen LogP contribution in [-0.2, 0) is 16.5 Å². The van der Waals surface area contributed by atoms with Crippen molar-refractivity contribution in [1.82, 2.24) is 4.72 Å². The largest absolute Gasteiger partial charge is 0.456 e. The van der Waals surface area contributed by atoms with E-state index in [2.05, 4.69) is 11.3 Å². The van der Waals surface area contributed by atoms with Crippen LogP contribution in [0.5, 0.6) is 0 Å². The van der Waals surface area contributed by atoms with Gasteiger partial charge in [0.1, 0.15) is 0 Å². The van der Waals surface area contributed by atoms with Gasteiger partial charge in [-0.1, -0.05) is 53.8 Å². The number of allylic oxidation sites excluding steroid dienone is 2. The van der Waals surface area contributed by atoms with Crippen LogP contribution >= 0.6 is 21.2 Å². The van der Waals surface area contributed by atoms with Gasteiger partial charge in [0, 0.05) is 33.7 Å². The van der Waals surface area contributed by atoms with E-state index in [1.807, 2.05) is 13.8 Å². The fourth-order valence-corrected chi connectivity index (χ4v) is 5.56. The van der Waals surface area contributed by atoms with Crippen LogP contribution in [0, 0.1) is 5.92 Å². The molecular weight excluding hydrogens is 584 g/mol. The lowest BCUT2D eigenvalue weighted by Gasteiger charge is -2.17. The third-order valence-corrected chi connectivity index (χ3v) is 8.05. The molecule has 2 rings (SSSR count). The lowest BCUT2D eigenvalue weighted by molar-refractivity contribution is -0.160. The highest BCUT2D eigenvalue weighted by Crippen LogP contribution is 2.36. The fraction of sp³-hybridized carbons (Fsp3) is 0.583. The van der Waals surface area contributed by atoms with Crippen molar-refractivity contribution in [2.45, 2.75) is 85.9 Å². The molecule has 0 amide bonds. The lowest BCUT2D eigenvalue weighted by atomic mass is 10.1. The molecular formula is C24H33F9NOPS2. The van der Waals surface area contributed by atoms with Gasteiger partial charge >= 0.3 is 11.7 Å². The smallest absolute Gasteiger partial charge is 0.254 e. The molecule has 220 valence electrons. The molecule has 0 heterocycles. The Morgan fingerprint density at radius 3 is 2.08 bits per heavy atom. The van der Waals surface area contributed by atoms with Crippen molar-refractivity contribution in [2.24, 2.45) is 5.92 Å². The quantitative estimate of drug-likeness (QED) is 0.104. The first-order valence-corrected chi connectivity index (χ1v) is 14.3. The molecule has 1 aromatic rings. The minimum absolute atomic E-state index is 0.0994. The average molecular weight is 618 g/mol. The topological polar surface area (TPSA) is 29.1 Å². The maximum Gasteiger partial charge on any atom is 0.456 e. The molecule has 1 aromatic carbocycles. The van der Waals surface area contributed by atoms with E-state index in [0.717, 1.165) is 12.2 Å². The summed E-state index contributed by atoms with van der Waals surface area (Å²) in [5.41, 5.74) is -7.53. The monoisotopic (exact) mass is 617 g/mol. The second-order valence-electron chi connectivity index (χ2n) is 7.92. The Bertz CT molecular complexity index is 856. The maximum absolute atomic E-state index is 13.2. The summed E-state index contributed by atoms with van der Waals surface area (Å²) in [6.07, 6.45) is -0.0788.